The number of allylic oxidation sites excluding steroid dienone is 1. The summed E-state index contributed by atoms with van der Waals surface area (Å²) in [5.41, 5.74) is 0.970. The van der Waals surface area contributed by atoms with Crippen molar-refractivity contribution >= 4 is 23.3 Å². The number of rotatable bonds is 2. The molecule has 94 valence electrons. The van der Waals surface area contributed by atoms with E-state index in [4.69, 9.17) is 16.9 Å². The minimum absolute atomic E-state index is 0.00912. The summed E-state index contributed by atoms with van der Waals surface area (Å²) in [5.74, 6) is -0.978. The van der Waals surface area contributed by atoms with E-state index in [0.29, 0.717) is 5.56 Å². The van der Waals surface area contributed by atoms with Crippen molar-refractivity contribution in [3.05, 3.63) is 70.2 Å². The molecule has 0 amide bonds. The molecular weight excluding hydrogens is 268 g/mol. The Morgan fingerprint density at radius 2 is 1.79 bits per heavy atom. The van der Waals surface area contributed by atoms with Crippen LogP contribution in [0.3, 0.4) is 0 Å². The first-order valence-corrected chi connectivity index (χ1v) is 5.81. The molecule has 0 saturated carbocycles. The molecule has 4 heteroatoms. The molecule has 0 bridgehead atoms. The Balaban J connectivity index is 2.48. The Morgan fingerprint density at radius 1 is 1.11 bits per heavy atom. The van der Waals surface area contributed by atoms with E-state index in [9.17, 15) is 8.78 Å². The van der Waals surface area contributed by atoms with Crippen LogP contribution in [0.1, 0.15) is 11.1 Å². The number of halogens is 3. The van der Waals surface area contributed by atoms with Crippen molar-refractivity contribution < 1.29 is 8.78 Å². The third-order valence-corrected chi connectivity index (χ3v) is 2.85. The molecule has 2 rings (SSSR count). The van der Waals surface area contributed by atoms with Crippen molar-refractivity contribution in [2.24, 2.45) is 0 Å². The van der Waals surface area contributed by atoms with Crippen LogP contribution in [0, 0.1) is 23.0 Å². The highest BCUT2D eigenvalue weighted by atomic mass is 35.5. The number of nitrogens with zero attached hydrogens (tertiary/aromatic N) is 1. The van der Waals surface area contributed by atoms with Crippen molar-refractivity contribution in [2.45, 2.75) is 0 Å². The van der Waals surface area contributed by atoms with E-state index in [1.165, 1.54) is 42.5 Å². The first-order valence-electron chi connectivity index (χ1n) is 5.43. The molecule has 0 unspecified atom stereocenters. The Bertz CT molecular complexity index is 670. The molecular formula is C15H8ClF2N. The zero-order valence-corrected chi connectivity index (χ0v) is 10.5. The maximum absolute atomic E-state index is 13.7. The van der Waals surface area contributed by atoms with Gasteiger partial charge in [-0.3, -0.25) is 0 Å². The first-order chi connectivity index (χ1) is 9.11. The van der Waals surface area contributed by atoms with Gasteiger partial charge in [0, 0.05) is 5.56 Å². The summed E-state index contributed by atoms with van der Waals surface area (Å²) < 4.78 is 26.6. The zero-order chi connectivity index (χ0) is 13.8. The van der Waals surface area contributed by atoms with Gasteiger partial charge in [0.2, 0.25) is 0 Å². The van der Waals surface area contributed by atoms with Gasteiger partial charge < -0.3 is 0 Å². The Hall–Kier alpha value is -2.18. The molecule has 0 heterocycles. The minimum atomic E-state index is -0.584. The molecule has 0 aliphatic heterocycles. The number of nitriles is 1. The quantitative estimate of drug-likeness (QED) is 0.576. The van der Waals surface area contributed by atoms with Crippen molar-refractivity contribution in [1.82, 2.24) is 0 Å². The van der Waals surface area contributed by atoms with Gasteiger partial charge in [-0.2, -0.15) is 5.26 Å². The molecule has 0 fully saturated rings. The van der Waals surface area contributed by atoms with Crippen LogP contribution in [0.25, 0.3) is 11.6 Å². The van der Waals surface area contributed by atoms with Gasteiger partial charge >= 0.3 is 0 Å². The fraction of sp³-hybridized carbons (Fsp3) is 0. The molecule has 0 aliphatic carbocycles. The van der Waals surface area contributed by atoms with Gasteiger partial charge in [-0.05, 0) is 29.8 Å². The Morgan fingerprint density at radius 3 is 2.42 bits per heavy atom. The minimum Gasteiger partial charge on any atom is -0.207 e. The SMILES string of the molecule is N#C/C(=C\c1cccc(Cl)c1F)c1ccc(F)cc1. The molecule has 0 atom stereocenters. The van der Waals surface area contributed by atoms with E-state index in [1.54, 1.807) is 6.07 Å². The maximum atomic E-state index is 13.7. The normalized spacial score (nSPS) is 11.2. The van der Waals surface area contributed by atoms with E-state index >= 15 is 0 Å². The second-order valence-electron chi connectivity index (χ2n) is 3.82. The Kier molecular flexibility index (Phi) is 3.94. The largest absolute Gasteiger partial charge is 0.207 e. The molecule has 0 spiro atoms. The number of hydrogen-bond acceptors (Lipinski definition) is 1. The summed E-state index contributed by atoms with van der Waals surface area (Å²) in [6.07, 6.45) is 1.38. The highest BCUT2D eigenvalue weighted by Crippen LogP contribution is 2.23. The van der Waals surface area contributed by atoms with Crippen LogP contribution in [0.15, 0.2) is 42.5 Å². The lowest BCUT2D eigenvalue weighted by Crippen LogP contribution is -1.87. The van der Waals surface area contributed by atoms with Gasteiger partial charge in [-0.25, -0.2) is 8.78 Å². The van der Waals surface area contributed by atoms with E-state index in [0.717, 1.165) is 0 Å². The molecule has 2 aromatic carbocycles. The average molecular weight is 276 g/mol. The van der Waals surface area contributed by atoms with Crippen LogP contribution >= 0.6 is 11.6 Å². The third kappa shape index (κ3) is 2.98. The maximum Gasteiger partial charge on any atom is 0.149 e. The molecule has 2 aromatic rings. The van der Waals surface area contributed by atoms with E-state index in [1.807, 2.05) is 6.07 Å². The first kappa shape index (κ1) is 13.3. The highest BCUT2D eigenvalue weighted by molar-refractivity contribution is 6.30. The van der Waals surface area contributed by atoms with Gasteiger partial charge in [0.1, 0.15) is 11.6 Å². The second-order valence-corrected chi connectivity index (χ2v) is 4.23. The van der Waals surface area contributed by atoms with Gasteiger partial charge in [0.05, 0.1) is 16.7 Å². The van der Waals surface area contributed by atoms with Crippen molar-refractivity contribution in [1.29, 1.82) is 5.26 Å². The summed E-state index contributed by atoms with van der Waals surface area (Å²) in [6, 6.07) is 11.9. The van der Waals surface area contributed by atoms with Crippen LogP contribution in [0.2, 0.25) is 5.02 Å². The molecule has 0 saturated heterocycles. The summed E-state index contributed by atoms with van der Waals surface area (Å²) in [5, 5.41) is 9.09. The lowest BCUT2D eigenvalue weighted by atomic mass is 10.0. The zero-order valence-electron chi connectivity index (χ0n) is 9.70. The second kappa shape index (κ2) is 5.64. The number of hydrogen-bond donors (Lipinski definition) is 0. The average Bonchev–Trinajstić information content (AvgIpc) is 2.42. The van der Waals surface area contributed by atoms with Crippen LogP contribution in [-0.2, 0) is 0 Å². The van der Waals surface area contributed by atoms with Crippen LogP contribution < -0.4 is 0 Å². The van der Waals surface area contributed by atoms with E-state index in [2.05, 4.69) is 0 Å². The summed E-state index contributed by atoms with van der Waals surface area (Å²) in [6.45, 7) is 0. The summed E-state index contributed by atoms with van der Waals surface area (Å²) in [4.78, 5) is 0. The van der Waals surface area contributed by atoms with Crippen molar-refractivity contribution in [3.8, 4) is 6.07 Å². The highest BCUT2D eigenvalue weighted by Gasteiger charge is 2.07. The fourth-order valence-electron chi connectivity index (χ4n) is 1.60. The molecule has 0 N–H and O–H groups in total. The van der Waals surface area contributed by atoms with E-state index < -0.39 is 11.6 Å². The summed E-state index contributed by atoms with van der Waals surface area (Å²) in [7, 11) is 0. The van der Waals surface area contributed by atoms with Crippen LogP contribution in [0.5, 0.6) is 0 Å². The molecule has 19 heavy (non-hydrogen) atoms. The van der Waals surface area contributed by atoms with E-state index in [-0.39, 0.29) is 16.2 Å². The lowest BCUT2D eigenvalue weighted by Gasteiger charge is -2.02. The van der Waals surface area contributed by atoms with Gasteiger partial charge in [-0.1, -0.05) is 35.9 Å². The molecule has 0 aliphatic rings. The van der Waals surface area contributed by atoms with Gasteiger partial charge in [0.15, 0.2) is 0 Å². The molecule has 1 nitrogen and oxygen atoms in total. The Labute approximate surface area is 114 Å². The molecule has 0 radical (unpaired) electrons. The topological polar surface area (TPSA) is 23.8 Å². The monoisotopic (exact) mass is 275 g/mol. The smallest absolute Gasteiger partial charge is 0.149 e. The number of benzene rings is 2. The van der Waals surface area contributed by atoms with Gasteiger partial charge in [-0.15, -0.1) is 0 Å². The lowest BCUT2D eigenvalue weighted by molar-refractivity contribution is 0.625. The predicted molar refractivity (Wildman–Crippen MR) is 71.3 cm³/mol. The molecule has 0 aromatic heterocycles. The van der Waals surface area contributed by atoms with Gasteiger partial charge in [0.25, 0.3) is 0 Å². The predicted octanol–water partition coefficient (Wildman–Crippen LogP) is 4.68. The van der Waals surface area contributed by atoms with Crippen LogP contribution in [-0.4, -0.2) is 0 Å². The standard InChI is InChI=1S/C15H8ClF2N/c16-14-3-1-2-11(15(14)18)8-12(9-19)10-4-6-13(17)7-5-10/h1-8H/b12-8+. The fourth-order valence-corrected chi connectivity index (χ4v) is 1.78. The van der Waals surface area contributed by atoms with Crippen LogP contribution in [0.4, 0.5) is 8.78 Å². The summed E-state index contributed by atoms with van der Waals surface area (Å²) >= 11 is 5.67. The third-order valence-electron chi connectivity index (χ3n) is 2.56. The van der Waals surface area contributed by atoms with Crippen molar-refractivity contribution in [3.63, 3.8) is 0 Å². The van der Waals surface area contributed by atoms with Crippen molar-refractivity contribution in [2.75, 3.05) is 0 Å².